The highest BCUT2D eigenvalue weighted by Crippen LogP contribution is 2.42. The normalized spacial score (nSPS) is 15.5. The van der Waals surface area contributed by atoms with E-state index in [0.717, 1.165) is 207 Å². The number of benzene rings is 7. The number of aliphatic hydroxyl groups is 1. The molecular weight excluding hydrogens is 2270 g/mol. The number of anilines is 5. The van der Waals surface area contributed by atoms with Crippen LogP contribution in [0.2, 0.25) is 20.1 Å². The van der Waals surface area contributed by atoms with Crippen LogP contribution in [0, 0.1) is 64.4 Å². The Hall–Kier alpha value is -7.44. The van der Waals surface area contributed by atoms with Gasteiger partial charge in [-0.05, 0) is 472 Å². The average molecular weight is 2400 g/mol. The molecule has 36 heteroatoms. The third-order valence-electron chi connectivity index (χ3n) is 24.9. The minimum Gasteiger partial charge on any atom is -0.507 e. The number of H-pyrrole nitrogens is 1. The highest BCUT2D eigenvalue weighted by Gasteiger charge is 2.26. The molecule has 12 aromatic rings. The second-order valence-electron chi connectivity index (χ2n) is 36.5. The van der Waals surface area contributed by atoms with Crippen molar-refractivity contribution in [3.63, 3.8) is 0 Å². The van der Waals surface area contributed by atoms with Crippen LogP contribution in [-0.2, 0) is 19.7 Å². The fourth-order valence-corrected chi connectivity index (χ4v) is 21.0. The zero-order valence-corrected chi connectivity index (χ0v) is 94.1. The maximum Gasteiger partial charge on any atom is 0.488 e. The topological polar surface area (TPSA) is 320 Å². The summed E-state index contributed by atoms with van der Waals surface area (Å²) in [7, 11) is 2.61. The van der Waals surface area contributed by atoms with Crippen LogP contribution in [0.15, 0.2) is 207 Å². The quantitative estimate of drug-likeness (QED) is 0.0218. The number of hydrogen-bond donors (Lipinski definition) is 8. The molecule has 0 aliphatic carbocycles. The molecule has 5 fully saturated rings. The lowest BCUT2D eigenvalue weighted by Crippen LogP contribution is -2.32. The molecule has 5 aromatic heterocycles. The average Bonchev–Trinajstić information content (AvgIpc) is 1.60. The van der Waals surface area contributed by atoms with E-state index in [9.17, 15) is 16.8 Å². The number of halogens is 8. The number of fused-ring (bicyclic) bond motifs is 3. The number of sulfone groups is 2. The zero-order chi connectivity index (χ0) is 102. The van der Waals surface area contributed by atoms with Crippen LogP contribution < -0.4 is 40.8 Å². The van der Waals surface area contributed by atoms with Crippen molar-refractivity contribution in [3.8, 4) is 39.9 Å². The van der Waals surface area contributed by atoms with Gasteiger partial charge in [0.15, 0.2) is 19.7 Å². The maximum atomic E-state index is 12.5. The van der Waals surface area contributed by atoms with E-state index in [1.807, 2.05) is 172 Å². The fourth-order valence-electron chi connectivity index (χ4n) is 15.9. The van der Waals surface area contributed by atoms with Gasteiger partial charge in [0.05, 0.1) is 80.7 Å². The Morgan fingerprint density at radius 1 is 0.461 bits per heavy atom. The molecule has 25 nitrogen and oxygen atoms in total. The molecule has 760 valence electrons. The lowest BCUT2D eigenvalue weighted by Gasteiger charge is -2.29. The highest BCUT2D eigenvalue weighted by atomic mass is 127. The molecule has 0 radical (unpaired) electrons. The van der Waals surface area contributed by atoms with Gasteiger partial charge in [-0.3, -0.25) is 0 Å². The van der Waals surface area contributed by atoms with Crippen LogP contribution in [0.1, 0.15) is 100 Å². The Morgan fingerprint density at radius 3 is 1.32 bits per heavy atom. The Morgan fingerprint density at radius 2 is 0.872 bits per heavy atom. The smallest absolute Gasteiger partial charge is 0.488 e. The Kier molecular flexibility index (Phi) is 47.2. The van der Waals surface area contributed by atoms with Gasteiger partial charge in [0.2, 0.25) is 0 Å². The van der Waals surface area contributed by atoms with E-state index in [1.54, 1.807) is 43.5 Å². The van der Waals surface area contributed by atoms with Gasteiger partial charge in [-0.1, -0.05) is 90.6 Å². The predicted molar refractivity (Wildman–Crippen MR) is 602 cm³/mol. The van der Waals surface area contributed by atoms with Crippen molar-refractivity contribution in [3.05, 3.63) is 247 Å². The highest BCUT2D eigenvalue weighted by molar-refractivity contribution is 14.1. The van der Waals surface area contributed by atoms with Gasteiger partial charge in [0.25, 0.3) is 0 Å². The van der Waals surface area contributed by atoms with Crippen molar-refractivity contribution in [1.29, 1.82) is 0 Å². The Bertz CT molecular complexity index is 6170. The first-order valence-electron chi connectivity index (χ1n) is 47.4. The molecule has 7 aromatic carbocycles. The van der Waals surface area contributed by atoms with Crippen LogP contribution in [0.5, 0.6) is 28.7 Å². The number of nitrogens with one attached hydrogen (secondary N) is 3. The van der Waals surface area contributed by atoms with Gasteiger partial charge in [0, 0.05) is 62.3 Å². The summed E-state index contributed by atoms with van der Waals surface area (Å²) in [6, 6.07) is 49.0. The van der Waals surface area contributed by atoms with Crippen LogP contribution >= 0.6 is 123 Å². The maximum absolute atomic E-state index is 12.5. The van der Waals surface area contributed by atoms with E-state index in [-0.39, 0.29) is 27.6 Å². The number of phenolic OH excluding ortho intramolecular Hbond substituents is 1. The number of pyridine rings is 4. The standard InChI is InChI=1S/C27H31N3O3S.C19H23BrClN3O.C19H24ClN3O.C13H17ClINO.C8H11BO4S.C7H15NO.C6H7BrN2.C6H4ClIO/c1-4-34(31,32)21-7-5-6-20(15-21)22-8-9-24(33-17-19-10-12-30(3)13-11-19)26-25(22)23-14-18(2)16-28-27(23)29-26;1-13-9-16(20)19(22-11-13)23-17-10-15(21)3-4-18(17)25-12-14-5-7-24(2)8-6-14;1-14-3-6-19(21-12-14)22-17-11-16(20)4-5-18(17)24-13-15-7-9-23(2)10-8-15;1-16-6-4-10(5-7-16)9-17-13-3-2-11(14)8-12(13)15;1-2-14(12,13)8-5-3-4-7(6-8)9(10)11;1-8-4-2-7(6-9)3-5-8;1-4-2-5(7)6(8)9-3-4;7-4-1-2-6(9)5(8)3-4/h5-9,14-16,19H,4,10-13,17H2,1-3H3,(H,28,29);3-4,9-11,14H,5-8,12H2,1-2H3,(H,22,23);3-6,11-12,15H,7-10,13H2,1-2H3,(H,21,22);2-3,8,10H,4-7,9H2,1H3;3-6,10-11H,2H2,1H3;7,9H,2-6H2,1H3;2-3H,1H3,(H2,8,9);1-3,9H. The molecule has 0 saturated carbocycles. The number of hydrogen-bond acceptors (Lipinski definition) is 24. The van der Waals surface area contributed by atoms with Crippen molar-refractivity contribution in [2.75, 3.05) is 162 Å². The third kappa shape index (κ3) is 37.8. The van der Waals surface area contributed by atoms with Crippen molar-refractivity contribution in [2.45, 2.75) is 116 Å². The lowest BCUT2D eigenvalue weighted by atomic mass is 9.80. The molecular formula is C105H132BBr2Cl4I2N13O12S2. The number of nitrogens with zero attached hydrogens (tertiary/aromatic N) is 9. The number of aryl methyl sites for hydroxylation is 4. The van der Waals surface area contributed by atoms with Crippen molar-refractivity contribution >= 4 is 206 Å². The van der Waals surface area contributed by atoms with Crippen LogP contribution in [0.4, 0.5) is 28.8 Å². The van der Waals surface area contributed by atoms with Gasteiger partial charge in [-0.2, -0.15) is 0 Å². The van der Waals surface area contributed by atoms with Crippen molar-refractivity contribution in [2.24, 2.45) is 29.6 Å². The molecule has 5 aliphatic heterocycles. The molecule has 17 rings (SSSR count). The number of aromatic nitrogens is 5. The van der Waals surface area contributed by atoms with E-state index in [4.69, 9.17) is 91.3 Å². The van der Waals surface area contributed by atoms with E-state index in [1.165, 1.54) is 95.6 Å². The molecule has 5 aliphatic rings. The summed E-state index contributed by atoms with van der Waals surface area (Å²) in [6.45, 7) is 26.1. The number of nitrogens with two attached hydrogens (primary N) is 1. The summed E-state index contributed by atoms with van der Waals surface area (Å²) >= 11 is 34.9. The molecule has 0 unspecified atom stereocenters. The molecule has 0 amide bonds. The SMILES string of the molecule is CCS(=O)(=O)c1cccc(-c2ccc(OCC3CCN(C)CC3)c3[nH]c4ncc(C)cc4c23)c1.CCS(=O)(=O)c1cccc(B(O)O)c1.CN1CCC(CO)CC1.CN1CCC(COc2ccc(Cl)cc2I)CC1.Cc1ccc(Nc2cc(Cl)ccc2OCC2CCN(C)CC2)nc1.Cc1cnc(N)c(Br)c1.Cc1cnc(Nc2cc(Cl)ccc2OCC2CCN(C)CC2)c(Br)c1.Oc1ccc(Cl)cc1I. The number of piperidine rings is 5. The second-order valence-corrected chi connectivity index (χ2v) is 46.8. The minimum absolute atomic E-state index is 0.00201. The number of aliphatic hydroxyl groups excluding tert-OH is 1. The summed E-state index contributed by atoms with van der Waals surface area (Å²) in [5.74, 6) is 8.85. The fraction of sp³-hybridized carbons (Fsp3) is 0.410. The van der Waals surface area contributed by atoms with Gasteiger partial charge in [0.1, 0.15) is 51.8 Å². The molecule has 0 atom stereocenters. The third-order valence-corrected chi connectivity index (χ3v) is 32.3. The van der Waals surface area contributed by atoms with Gasteiger partial charge in [-0.15, -0.1) is 0 Å². The monoisotopic (exact) mass is 2390 g/mol. The first-order chi connectivity index (χ1) is 67.3. The molecule has 9 N–H and O–H groups in total. The first kappa shape index (κ1) is 115. The number of phenols is 1. The summed E-state index contributed by atoms with van der Waals surface area (Å²) < 4.78 is 76.0. The van der Waals surface area contributed by atoms with E-state index in [0.29, 0.717) is 68.6 Å². The molecule has 141 heavy (non-hydrogen) atoms. The minimum atomic E-state index is -3.30. The van der Waals surface area contributed by atoms with E-state index >= 15 is 0 Å². The molecule has 0 spiro atoms. The van der Waals surface area contributed by atoms with Crippen LogP contribution in [0.3, 0.4) is 0 Å². The molecule has 10 heterocycles. The lowest BCUT2D eigenvalue weighted by molar-refractivity contribution is 0.148. The summed E-state index contributed by atoms with van der Waals surface area (Å²) in [4.78, 5) is 33.1. The largest absolute Gasteiger partial charge is 0.507 e. The number of aromatic amines is 1. The van der Waals surface area contributed by atoms with Crippen molar-refractivity contribution in [1.82, 2.24) is 49.4 Å². The first-order valence-corrected chi connectivity index (χ1v) is 56.0. The Balaban J connectivity index is 0.000000173. The van der Waals surface area contributed by atoms with Gasteiger partial charge >= 0.3 is 7.12 Å². The number of rotatable bonds is 23. The van der Waals surface area contributed by atoms with Gasteiger partial charge < -0.3 is 85.1 Å². The number of ether oxygens (including phenoxy) is 4. The summed E-state index contributed by atoms with van der Waals surface area (Å²) in [5, 5.41) is 46.8. The van der Waals surface area contributed by atoms with Gasteiger partial charge in [-0.25, -0.2) is 36.8 Å². The summed E-state index contributed by atoms with van der Waals surface area (Å²) in [6.07, 6.45) is 19.1. The van der Waals surface area contributed by atoms with E-state index < -0.39 is 26.8 Å². The molecule has 5 saturated heterocycles. The van der Waals surface area contributed by atoms with E-state index in [2.05, 4.69) is 156 Å². The number of likely N-dealkylation sites (tertiary alicyclic amines) is 5. The van der Waals surface area contributed by atoms with Crippen molar-refractivity contribution < 1.29 is 56.0 Å². The number of nitrogen functional groups attached to an aromatic ring is 1. The Labute approximate surface area is 897 Å². The zero-order valence-electron chi connectivity index (χ0n) is 82.0. The number of aromatic hydroxyl groups is 1. The summed E-state index contributed by atoms with van der Waals surface area (Å²) in [5.41, 5.74) is 15.2. The predicted octanol–water partition coefficient (Wildman–Crippen LogP) is 22.5. The van der Waals surface area contributed by atoms with Crippen LogP contribution in [-0.4, -0.2) is 239 Å². The molecule has 0 bridgehead atoms. The second kappa shape index (κ2) is 57.6. The van der Waals surface area contributed by atoms with Crippen LogP contribution in [0.25, 0.3) is 33.1 Å².